The monoisotopic (exact) mass is 182 g/mol. The molecular formula is C11H22N2. The first kappa shape index (κ1) is 10.7. The maximum atomic E-state index is 5.59. The summed E-state index contributed by atoms with van der Waals surface area (Å²) in [5.74, 6) is 5.59. The van der Waals surface area contributed by atoms with E-state index in [9.17, 15) is 0 Å². The molecule has 0 aromatic rings. The van der Waals surface area contributed by atoms with Gasteiger partial charge in [-0.05, 0) is 32.1 Å². The molecule has 2 nitrogen and oxygen atoms in total. The van der Waals surface area contributed by atoms with Crippen molar-refractivity contribution in [2.24, 2.45) is 11.3 Å². The minimum absolute atomic E-state index is 0.347. The third-order valence-corrected chi connectivity index (χ3v) is 3.18. The molecule has 0 aromatic heterocycles. The van der Waals surface area contributed by atoms with Gasteiger partial charge in [-0.2, -0.15) is 0 Å². The Morgan fingerprint density at radius 3 is 2.31 bits per heavy atom. The summed E-state index contributed by atoms with van der Waals surface area (Å²) < 4.78 is 0. The van der Waals surface area contributed by atoms with Gasteiger partial charge in [0.2, 0.25) is 0 Å². The standard InChI is InChI=1S/C11H22N2/c1-9(2)8-10(13-12)11(3)6-4-5-7-11/h8,10,13H,4-7,12H2,1-3H3. The third kappa shape index (κ3) is 2.55. The summed E-state index contributed by atoms with van der Waals surface area (Å²) in [6.07, 6.45) is 7.55. The summed E-state index contributed by atoms with van der Waals surface area (Å²) in [6, 6.07) is 0.347. The van der Waals surface area contributed by atoms with E-state index in [1.54, 1.807) is 0 Å². The van der Waals surface area contributed by atoms with Crippen molar-refractivity contribution in [3.8, 4) is 0 Å². The number of hydrazine groups is 1. The van der Waals surface area contributed by atoms with Gasteiger partial charge in [0.05, 0.1) is 0 Å². The van der Waals surface area contributed by atoms with Crippen LogP contribution in [0, 0.1) is 5.41 Å². The molecule has 0 amide bonds. The van der Waals surface area contributed by atoms with Crippen LogP contribution in [0.3, 0.4) is 0 Å². The Hall–Kier alpha value is -0.340. The number of rotatable bonds is 3. The highest BCUT2D eigenvalue weighted by Crippen LogP contribution is 2.40. The van der Waals surface area contributed by atoms with Crippen molar-refractivity contribution in [3.63, 3.8) is 0 Å². The molecule has 13 heavy (non-hydrogen) atoms. The van der Waals surface area contributed by atoms with E-state index in [0.717, 1.165) is 0 Å². The minimum atomic E-state index is 0.347. The number of hydrogen-bond donors (Lipinski definition) is 2. The topological polar surface area (TPSA) is 38.0 Å². The predicted molar refractivity (Wildman–Crippen MR) is 57.1 cm³/mol. The lowest BCUT2D eigenvalue weighted by Crippen LogP contribution is -2.44. The smallest absolute Gasteiger partial charge is 0.0446 e. The largest absolute Gasteiger partial charge is 0.271 e. The first-order valence-electron chi connectivity index (χ1n) is 5.20. The van der Waals surface area contributed by atoms with Gasteiger partial charge < -0.3 is 0 Å². The molecule has 1 aliphatic rings. The molecule has 0 spiro atoms. The van der Waals surface area contributed by atoms with Crippen LogP contribution in [-0.4, -0.2) is 6.04 Å². The minimum Gasteiger partial charge on any atom is -0.271 e. The Morgan fingerprint density at radius 1 is 1.38 bits per heavy atom. The zero-order chi connectivity index (χ0) is 9.90. The fraction of sp³-hybridized carbons (Fsp3) is 0.818. The van der Waals surface area contributed by atoms with Crippen molar-refractivity contribution < 1.29 is 0 Å². The van der Waals surface area contributed by atoms with E-state index in [4.69, 9.17) is 5.84 Å². The van der Waals surface area contributed by atoms with Crippen molar-refractivity contribution in [2.45, 2.75) is 52.5 Å². The van der Waals surface area contributed by atoms with E-state index in [-0.39, 0.29) is 0 Å². The molecule has 2 heteroatoms. The highest BCUT2D eigenvalue weighted by Gasteiger charge is 2.34. The maximum absolute atomic E-state index is 5.59. The summed E-state index contributed by atoms with van der Waals surface area (Å²) in [4.78, 5) is 0. The fourth-order valence-electron chi connectivity index (χ4n) is 2.28. The van der Waals surface area contributed by atoms with Gasteiger partial charge in [-0.1, -0.05) is 31.4 Å². The Labute approximate surface area is 81.6 Å². The summed E-state index contributed by atoms with van der Waals surface area (Å²) in [5.41, 5.74) is 4.66. The molecule has 0 saturated heterocycles. The van der Waals surface area contributed by atoms with Crippen molar-refractivity contribution in [1.29, 1.82) is 0 Å². The number of allylic oxidation sites excluding steroid dienone is 1. The molecule has 1 fully saturated rings. The molecule has 0 aromatic carbocycles. The van der Waals surface area contributed by atoms with Crippen molar-refractivity contribution in [1.82, 2.24) is 5.43 Å². The van der Waals surface area contributed by atoms with Crippen LogP contribution >= 0.6 is 0 Å². The number of nitrogens with one attached hydrogen (secondary N) is 1. The molecule has 1 saturated carbocycles. The van der Waals surface area contributed by atoms with Crippen LogP contribution < -0.4 is 11.3 Å². The molecule has 0 radical (unpaired) electrons. The van der Waals surface area contributed by atoms with Gasteiger partial charge in [-0.25, -0.2) is 0 Å². The van der Waals surface area contributed by atoms with Gasteiger partial charge in [-0.3, -0.25) is 11.3 Å². The van der Waals surface area contributed by atoms with Gasteiger partial charge in [0.1, 0.15) is 0 Å². The molecule has 1 aliphatic carbocycles. The van der Waals surface area contributed by atoms with Crippen LogP contribution in [0.5, 0.6) is 0 Å². The second-order valence-corrected chi connectivity index (χ2v) is 4.75. The van der Waals surface area contributed by atoms with Gasteiger partial charge in [-0.15, -0.1) is 0 Å². The number of hydrogen-bond acceptors (Lipinski definition) is 2. The molecule has 1 rings (SSSR count). The molecular weight excluding hydrogens is 160 g/mol. The first-order valence-corrected chi connectivity index (χ1v) is 5.20. The first-order chi connectivity index (χ1) is 6.08. The summed E-state index contributed by atoms with van der Waals surface area (Å²) in [6.45, 7) is 6.59. The molecule has 1 atom stereocenters. The molecule has 0 aliphatic heterocycles. The third-order valence-electron chi connectivity index (χ3n) is 3.18. The summed E-state index contributed by atoms with van der Waals surface area (Å²) in [7, 11) is 0. The van der Waals surface area contributed by atoms with E-state index in [0.29, 0.717) is 11.5 Å². The normalized spacial score (nSPS) is 22.8. The maximum Gasteiger partial charge on any atom is 0.0446 e. The van der Waals surface area contributed by atoms with E-state index in [2.05, 4.69) is 32.3 Å². The van der Waals surface area contributed by atoms with Crippen molar-refractivity contribution >= 4 is 0 Å². The van der Waals surface area contributed by atoms with E-state index >= 15 is 0 Å². The fourth-order valence-corrected chi connectivity index (χ4v) is 2.28. The van der Waals surface area contributed by atoms with Gasteiger partial charge in [0.15, 0.2) is 0 Å². The van der Waals surface area contributed by atoms with E-state index in [1.807, 2.05) is 0 Å². The summed E-state index contributed by atoms with van der Waals surface area (Å²) >= 11 is 0. The van der Waals surface area contributed by atoms with Crippen molar-refractivity contribution in [2.75, 3.05) is 0 Å². The molecule has 0 heterocycles. The zero-order valence-electron chi connectivity index (χ0n) is 9.06. The lowest BCUT2D eigenvalue weighted by atomic mass is 9.80. The SMILES string of the molecule is CC(C)=CC(NN)C1(C)CCCC1. The Bertz CT molecular complexity index is 186. The van der Waals surface area contributed by atoms with Crippen LogP contribution in [0.15, 0.2) is 11.6 Å². The quantitative estimate of drug-likeness (QED) is 0.399. The van der Waals surface area contributed by atoms with Gasteiger partial charge in [0.25, 0.3) is 0 Å². The molecule has 76 valence electrons. The molecule has 1 unspecified atom stereocenters. The lowest BCUT2D eigenvalue weighted by Gasteiger charge is -2.31. The Kier molecular flexibility index (Phi) is 3.51. The van der Waals surface area contributed by atoms with Crippen LogP contribution in [0.4, 0.5) is 0 Å². The van der Waals surface area contributed by atoms with E-state index in [1.165, 1.54) is 31.3 Å². The van der Waals surface area contributed by atoms with Gasteiger partial charge >= 0.3 is 0 Å². The average Bonchev–Trinajstić information content (AvgIpc) is 2.48. The van der Waals surface area contributed by atoms with Crippen LogP contribution in [0.1, 0.15) is 46.5 Å². The Morgan fingerprint density at radius 2 is 1.92 bits per heavy atom. The zero-order valence-corrected chi connectivity index (χ0v) is 9.06. The van der Waals surface area contributed by atoms with Crippen molar-refractivity contribution in [3.05, 3.63) is 11.6 Å². The van der Waals surface area contributed by atoms with Crippen LogP contribution in [-0.2, 0) is 0 Å². The van der Waals surface area contributed by atoms with Crippen LogP contribution in [0.25, 0.3) is 0 Å². The predicted octanol–water partition coefficient (Wildman–Crippen LogP) is 2.36. The highest BCUT2D eigenvalue weighted by molar-refractivity contribution is 5.07. The van der Waals surface area contributed by atoms with Crippen LogP contribution in [0.2, 0.25) is 0 Å². The lowest BCUT2D eigenvalue weighted by molar-refractivity contribution is 0.260. The van der Waals surface area contributed by atoms with E-state index < -0.39 is 0 Å². The number of nitrogens with two attached hydrogens (primary N) is 1. The molecule has 3 N–H and O–H groups in total. The summed E-state index contributed by atoms with van der Waals surface area (Å²) in [5, 5.41) is 0. The Balaban J connectivity index is 2.70. The molecule has 0 bridgehead atoms. The average molecular weight is 182 g/mol. The second-order valence-electron chi connectivity index (χ2n) is 4.75. The second kappa shape index (κ2) is 4.25. The highest BCUT2D eigenvalue weighted by atomic mass is 15.2. The van der Waals surface area contributed by atoms with Gasteiger partial charge in [0, 0.05) is 6.04 Å².